The van der Waals surface area contributed by atoms with Gasteiger partial charge in [-0.3, -0.25) is 4.68 Å². The zero-order valence-electron chi connectivity index (χ0n) is 10.4. The third-order valence-electron chi connectivity index (χ3n) is 2.73. The standard InChI is InChI=1S/C13H16FN3O/c1-9-3-4-11(5-12(9)14)18-13(6-15)10-7-16-17(2)8-10/h3-5,7-8,13H,6,15H2,1-2H3. The van der Waals surface area contributed by atoms with Crippen LogP contribution in [0.25, 0.3) is 0 Å². The van der Waals surface area contributed by atoms with Crippen molar-refractivity contribution >= 4 is 0 Å². The summed E-state index contributed by atoms with van der Waals surface area (Å²) in [5.74, 6) is 0.187. The maximum Gasteiger partial charge on any atom is 0.139 e. The Morgan fingerprint density at radius 2 is 2.28 bits per heavy atom. The molecule has 0 aliphatic carbocycles. The number of rotatable bonds is 4. The molecule has 1 unspecified atom stereocenters. The van der Waals surface area contributed by atoms with E-state index in [9.17, 15) is 4.39 Å². The minimum atomic E-state index is -0.319. The molecule has 5 heteroatoms. The minimum absolute atomic E-state index is 0.283. The van der Waals surface area contributed by atoms with Gasteiger partial charge in [0, 0.05) is 31.4 Å². The maximum absolute atomic E-state index is 13.4. The summed E-state index contributed by atoms with van der Waals surface area (Å²) in [4.78, 5) is 0. The van der Waals surface area contributed by atoms with Crippen LogP contribution in [-0.2, 0) is 7.05 Å². The summed E-state index contributed by atoms with van der Waals surface area (Å²) in [6, 6.07) is 4.79. The van der Waals surface area contributed by atoms with Gasteiger partial charge in [0.1, 0.15) is 17.7 Å². The van der Waals surface area contributed by atoms with E-state index in [4.69, 9.17) is 10.5 Å². The van der Waals surface area contributed by atoms with Crippen LogP contribution >= 0.6 is 0 Å². The molecule has 18 heavy (non-hydrogen) atoms. The van der Waals surface area contributed by atoms with Gasteiger partial charge in [-0.15, -0.1) is 0 Å². The normalized spacial score (nSPS) is 12.4. The number of halogens is 1. The Balaban J connectivity index is 2.17. The number of aromatic nitrogens is 2. The first-order chi connectivity index (χ1) is 8.60. The number of hydrogen-bond acceptors (Lipinski definition) is 3. The Labute approximate surface area is 105 Å². The SMILES string of the molecule is Cc1ccc(OC(CN)c2cnn(C)c2)cc1F. The predicted molar refractivity (Wildman–Crippen MR) is 66.8 cm³/mol. The molecule has 96 valence electrons. The van der Waals surface area contributed by atoms with Gasteiger partial charge in [-0.2, -0.15) is 5.10 Å². The van der Waals surface area contributed by atoms with Crippen LogP contribution in [0, 0.1) is 12.7 Å². The van der Waals surface area contributed by atoms with Gasteiger partial charge >= 0.3 is 0 Å². The molecule has 4 nitrogen and oxygen atoms in total. The van der Waals surface area contributed by atoms with Crippen molar-refractivity contribution in [3.8, 4) is 5.75 Å². The molecule has 0 fully saturated rings. The van der Waals surface area contributed by atoms with Crippen LogP contribution in [0.3, 0.4) is 0 Å². The van der Waals surface area contributed by atoms with Crippen LogP contribution in [0.5, 0.6) is 5.75 Å². The molecule has 0 bridgehead atoms. The summed E-state index contributed by atoms with van der Waals surface area (Å²) >= 11 is 0. The van der Waals surface area contributed by atoms with Crippen molar-refractivity contribution in [3.05, 3.63) is 47.5 Å². The topological polar surface area (TPSA) is 53.1 Å². The molecule has 2 rings (SSSR count). The van der Waals surface area contributed by atoms with Crippen LogP contribution < -0.4 is 10.5 Å². The molecule has 1 aromatic carbocycles. The largest absolute Gasteiger partial charge is 0.484 e. The maximum atomic E-state index is 13.4. The van der Waals surface area contributed by atoms with E-state index in [0.29, 0.717) is 17.9 Å². The van der Waals surface area contributed by atoms with Gasteiger partial charge in [-0.25, -0.2) is 4.39 Å². The Morgan fingerprint density at radius 1 is 1.50 bits per heavy atom. The zero-order chi connectivity index (χ0) is 13.1. The summed E-state index contributed by atoms with van der Waals surface area (Å²) in [5, 5.41) is 4.07. The molecule has 0 radical (unpaired) electrons. The Kier molecular flexibility index (Phi) is 3.62. The fraction of sp³-hybridized carbons (Fsp3) is 0.308. The first-order valence-electron chi connectivity index (χ1n) is 5.71. The number of ether oxygens (including phenoxy) is 1. The van der Waals surface area contributed by atoms with Gasteiger partial charge in [0.25, 0.3) is 0 Å². The van der Waals surface area contributed by atoms with Gasteiger partial charge in [0.15, 0.2) is 0 Å². The van der Waals surface area contributed by atoms with Gasteiger partial charge in [0.05, 0.1) is 6.20 Å². The van der Waals surface area contributed by atoms with Gasteiger partial charge in [0.2, 0.25) is 0 Å². The predicted octanol–water partition coefficient (Wildman–Crippen LogP) is 1.95. The van der Waals surface area contributed by atoms with Crippen molar-refractivity contribution in [2.75, 3.05) is 6.54 Å². The van der Waals surface area contributed by atoms with Crippen molar-refractivity contribution in [3.63, 3.8) is 0 Å². The van der Waals surface area contributed by atoms with Crippen molar-refractivity contribution in [2.24, 2.45) is 12.8 Å². The van der Waals surface area contributed by atoms with Crippen LogP contribution in [0.2, 0.25) is 0 Å². The first kappa shape index (κ1) is 12.6. The molecule has 1 atom stereocenters. The minimum Gasteiger partial charge on any atom is -0.484 e. The average molecular weight is 249 g/mol. The highest BCUT2D eigenvalue weighted by Crippen LogP contribution is 2.22. The summed E-state index contributed by atoms with van der Waals surface area (Å²) in [6.45, 7) is 2.02. The molecular formula is C13H16FN3O. The van der Waals surface area contributed by atoms with E-state index in [1.54, 1.807) is 29.9 Å². The third-order valence-corrected chi connectivity index (χ3v) is 2.73. The Bertz CT molecular complexity index is 539. The van der Waals surface area contributed by atoms with Crippen LogP contribution in [0.15, 0.2) is 30.6 Å². The molecule has 0 aliphatic heterocycles. The molecule has 0 saturated heterocycles. The van der Waals surface area contributed by atoms with Crippen LogP contribution in [0.1, 0.15) is 17.2 Å². The second kappa shape index (κ2) is 5.18. The second-order valence-electron chi connectivity index (χ2n) is 4.20. The number of hydrogen-bond donors (Lipinski definition) is 1. The molecule has 1 aromatic heterocycles. The van der Waals surface area contributed by atoms with E-state index >= 15 is 0 Å². The first-order valence-corrected chi connectivity index (χ1v) is 5.71. The molecule has 2 aromatic rings. The Hall–Kier alpha value is -1.88. The summed E-state index contributed by atoms with van der Waals surface area (Å²) in [7, 11) is 1.82. The molecule has 1 heterocycles. The fourth-order valence-corrected chi connectivity index (χ4v) is 1.67. The summed E-state index contributed by atoms with van der Waals surface area (Å²) in [6.07, 6.45) is 3.21. The molecule has 0 saturated carbocycles. The molecule has 0 amide bonds. The number of nitrogens with two attached hydrogens (primary N) is 1. The monoisotopic (exact) mass is 249 g/mol. The summed E-state index contributed by atoms with van der Waals surface area (Å²) < 4.78 is 20.8. The van der Waals surface area contributed by atoms with E-state index in [0.717, 1.165) is 5.56 Å². The lowest BCUT2D eigenvalue weighted by Crippen LogP contribution is -2.18. The van der Waals surface area contributed by atoms with Gasteiger partial charge in [-0.1, -0.05) is 6.07 Å². The van der Waals surface area contributed by atoms with E-state index in [-0.39, 0.29) is 11.9 Å². The van der Waals surface area contributed by atoms with Crippen molar-refractivity contribution < 1.29 is 9.13 Å². The number of benzene rings is 1. The van der Waals surface area contributed by atoms with Crippen LogP contribution in [-0.4, -0.2) is 16.3 Å². The van der Waals surface area contributed by atoms with E-state index in [2.05, 4.69) is 5.10 Å². The number of nitrogens with zero attached hydrogens (tertiary/aromatic N) is 2. The van der Waals surface area contributed by atoms with E-state index in [1.165, 1.54) is 6.07 Å². The summed E-state index contributed by atoms with van der Waals surface area (Å²) in [5.41, 5.74) is 7.14. The van der Waals surface area contributed by atoms with E-state index < -0.39 is 0 Å². The highest BCUT2D eigenvalue weighted by Gasteiger charge is 2.14. The molecule has 2 N–H and O–H groups in total. The van der Waals surface area contributed by atoms with Crippen molar-refractivity contribution in [1.82, 2.24) is 9.78 Å². The lowest BCUT2D eigenvalue weighted by Gasteiger charge is -2.16. The van der Waals surface area contributed by atoms with Crippen molar-refractivity contribution in [1.29, 1.82) is 0 Å². The highest BCUT2D eigenvalue weighted by molar-refractivity contribution is 5.29. The highest BCUT2D eigenvalue weighted by atomic mass is 19.1. The average Bonchev–Trinajstić information content (AvgIpc) is 2.77. The molecule has 0 aliphatic rings. The Morgan fingerprint density at radius 3 is 2.83 bits per heavy atom. The molecule has 0 spiro atoms. The zero-order valence-corrected chi connectivity index (χ0v) is 10.4. The lowest BCUT2D eigenvalue weighted by atomic mass is 10.2. The lowest BCUT2D eigenvalue weighted by molar-refractivity contribution is 0.213. The molecular weight excluding hydrogens is 233 g/mol. The third kappa shape index (κ3) is 2.68. The van der Waals surface area contributed by atoms with Gasteiger partial charge in [-0.05, 0) is 18.6 Å². The van der Waals surface area contributed by atoms with Crippen LogP contribution in [0.4, 0.5) is 4.39 Å². The fourth-order valence-electron chi connectivity index (χ4n) is 1.67. The number of aryl methyl sites for hydroxylation is 2. The van der Waals surface area contributed by atoms with E-state index in [1.807, 2.05) is 13.2 Å². The quantitative estimate of drug-likeness (QED) is 0.901. The second-order valence-corrected chi connectivity index (χ2v) is 4.20. The smallest absolute Gasteiger partial charge is 0.139 e. The van der Waals surface area contributed by atoms with Crippen molar-refractivity contribution in [2.45, 2.75) is 13.0 Å². The van der Waals surface area contributed by atoms with Gasteiger partial charge < -0.3 is 10.5 Å².